The number of carbonyl (C=O) groups excluding carboxylic acids is 1. The summed E-state index contributed by atoms with van der Waals surface area (Å²) in [6.45, 7) is 0. The molecule has 0 amide bonds. The molecule has 10 heteroatoms. The van der Waals surface area contributed by atoms with E-state index in [1.807, 2.05) is 0 Å². The molecule has 0 unspecified atom stereocenters. The van der Waals surface area contributed by atoms with Gasteiger partial charge in [-0.25, -0.2) is 9.37 Å². The maximum atomic E-state index is 14.3. The number of carbonyl (C=O) groups is 1. The third kappa shape index (κ3) is 4.12. The number of phenolic OH excluding ortho intramolecular Hbond substituents is 1. The van der Waals surface area contributed by atoms with E-state index in [0.717, 1.165) is 11.7 Å². The number of fused-ring (bicyclic) bond motifs is 1. The minimum Gasteiger partial charge on any atom is -0.508 e. The SMILES string of the molecule is COC(=O)Cc1n[nH]c2ccc(Nc3nc(Nc4cccc(O)c4)ncc3F)cc12. The normalized spacial score (nSPS) is 10.7. The van der Waals surface area contributed by atoms with E-state index in [2.05, 4.69) is 35.5 Å². The largest absolute Gasteiger partial charge is 0.508 e. The molecule has 2 heterocycles. The first kappa shape index (κ1) is 19.1. The zero-order chi connectivity index (χ0) is 21.1. The summed E-state index contributed by atoms with van der Waals surface area (Å²) in [7, 11) is 1.31. The number of ether oxygens (including phenoxy) is 1. The van der Waals surface area contributed by atoms with Crippen molar-refractivity contribution in [1.82, 2.24) is 20.2 Å². The van der Waals surface area contributed by atoms with Gasteiger partial charge in [0.15, 0.2) is 11.6 Å². The number of hydrogen-bond donors (Lipinski definition) is 4. The molecule has 0 spiro atoms. The van der Waals surface area contributed by atoms with Gasteiger partial charge in [0, 0.05) is 22.8 Å². The molecule has 4 rings (SSSR count). The lowest BCUT2D eigenvalue weighted by Crippen LogP contribution is -2.05. The Hall–Kier alpha value is -4.21. The summed E-state index contributed by atoms with van der Waals surface area (Å²) in [5, 5.41) is 23.1. The summed E-state index contributed by atoms with van der Waals surface area (Å²) in [5.41, 5.74) is 2.36. The molecule has 0 saturated carbocycles. The van der Waals surface area contributed by atoms with Crippen LogP contribution in [0.4, 0.5) is 27.5 Å². The average Bonchev–Trinajstić information content (AvgIpc) is 3.12. The van der Waals surface area contributed by atoms with Gasteiger partial charge in [-0.2, -0.15) is 10.1 Å². The van der Waals surface area contributed by atoms with Crippen LogP contribution in [0.3, 0.4) is 0 Å². The zero-order valence-corrected chi connectivity index (χ0v) is 15.8. The Bertz CT molecular complexity index is 1230. The van der Waals surface area contributed by atoms with Crippen LogP contribution >= 0.6 is 0 Å². The molecule has 4 aromatic rings. The minimum atomic E-state index is -0.640. The van der Waals surface area contributed by atoms with E-state index in [1.54, 1.807) is 30.3 Å². The lowest BCUT2D eigenvalue weighted by atomic mass is 10.1. The van der Waals surface area contributed by atoms with Crippen molar-refractivity contribution in [2.45, 2.75) is 6.42 Å². The Morgan fingerprint density at radius 1 is 1.20 bits per heavy atom. The van der Waals surface area contributed by atoms with Gasteiger partial charge >= 0.3 is 5.97 Å². The third-order valence-electron chi connectivity index (χ3n) is 4.29. The van der Waals surface area contributed by atoms with E-state index in [4.69, 9.17) is 0 Å². The van der Waals surface area contributed by atoms with Crippen molar-refractivity contribution in [1.29, 1.82) is 0 Å². The van der Waals surface area contributed by atoms with Gasteiger partial charge in [-0.3, -0.25) is 9.89 Å². The molecule has 2 aromatic carbocycles. The molecule has 0 aliphatic heterocycles. The summed E-state index contributed by atoms with van der Waals surface area (Å²) in [6, 6.07) is 11.6. The number of rotatable bonds is 6. The lowest BCUT2D eigenvalue weighted by Gasteiger charge is -2.10. The molecule has 0 fully saturated rings. The van der Waals surface area contributed by atoms with Crippen molar-refractivity contribution in [3.63, 3.8) is 0 Å². The number of esters is 1. The lowest BCUT2D eigenvalue weighted by molar-refractivity contribution is -0.139. The van der Waals surface area contributed by atoms with Crippen LogP contribution < -0.4 is 10.6 Å². The number of anilines is 4. The van der Waals surface area contributed by atoms with Crippen LogP contribution in [-0.2, 0) is 16.0 Å². The highest BCUT2D eigenvalue weighted by atomic mass is 19.1. The summed E-state index contributed by atoms with van der Waals surface area (Å²) >= 11 is 0. The second-order valence-electron chi connectivity index (χ2n) is 6.37. The topological polar surface area (TPSA) is 125 Å². The quantitative estimate of drug-likeness (QED) is 0.358. The Balaban J connectivity index is 1.59. The molecule has 0 atom stereocenters. The molecule has 152 valence electrons. The van der Waals surface area contributed by atoms with E-state index in [-0.39, 0.29) is 23.9 Å². The highest BCUT2D eigenvalue weighted by Crippen LogP contribution is 2.25. The number of nitrogens with zero attached hydrogens (tertiary/aromatic N) is 3. The van der Waals surface area contributed by atoms with Gasteiger partial charge < -0.3 is 20.5 Å². The second kappa shape index (κ2) is 8.03. The molecule has 2 aromatic heterocycles. The van der Waals surface area contributed by atoms with Crippen LogP contribution in [-0.4, -0.2) is 38.4 Å². The van der Waals surface area contributed by atoms with Gasteiger partial charge in [-0.15, -0.1) is 0 Å². The molecule has 4 N–H and O–H groups in total. The zero-order valence-electron chi connectivity index (χ0n) is 15.8. The standard InChI is InChI=1S/C20H17FN6O3/c1-30-18(29)9-17-14-8-12(5-6-16(14)26-27-17)23-19-15(21)10-22-20(25-19)24-11-3-2-4-13(28)7-11/h2-8,10,28H,9H2,1H3,(H,26,27)(H2,22,23,24,25). The fourth-order valence-electron chi connectivity index (χ4n) is 2.85. The number of hydrogen-bond acceptors (Lipinski definition) is 8. The molecule has 0 aliphatic rings. The molecule has 30 heavy (non-hydrogen) atoms. The van der Waals surface area contributed by atoms with Gasteiger partial charge in [-0.1, -0.05) is 6.07 Å². The Morgan fingerprint density at radius 3 is 2.83 bits per heavy atom. The van der Waals surface area contributed by atoms with Gasteiger partial charge in [-0.05, 0) is 30.3 Å². The smallest absolute Gasteiger partial charge is 0.311 e. The van der Waals surface area contributed by atoms with E-state index in [0.29, 0.717) is 22.5 Å². The van der Waals surface area contributed by atoms with E-state index < -0.39 is 11.8 Å². The molecular weight excluding hydrogens is 391 g/mol. The van der Waals surface area contributed by atoms with Crippen molar-refractivity contribution in [2.75, 3.05) is 17.7 Å². The Morgan fingerprint density at radius 2 is 2.03 bits per heavy atom. The second-order valence-corrected chi connectivity index (χ2v) is 6.37. The first-order valence-electron chi connectivity index (χ1n) is 8.91. The average molecular weight is 408 g/mol. The molecule has 0 saturated heterocycles. The molecule has 9 nitrogen and oxygen atoms in total. The highest BCUT2D eigenvalue weighted by Gasteiger charge is 2.13. The molecule has 0 bridgehead atoms. The summed E-state index contributed by atoms with van der Waals surface area (Å²) in [4.78, 5) is 19.6. The number of benzene rings is 2. The fourth-order valence-corrected chi connectivity index (χ4v) is 2.85. The van der Waals surface area contributed by atoms with Crippen LogP contribution in [0.2, 0.25) is 0 Å². The molecular formula is C20H17FN6O3. The van der Waals surface area contributed by atoms with Gasteiger partial charge in [0.1, 0.15) is 5.75 Å². The first-order chi connectivity index (χ1) is 14.5. The van der Waals surface area contributed by atoms with E-state index in [1.165, 1.54) is 19.2 Å². The number of aromatic amines is 1. The number of aromatic hydroxyl groups is 1. The summed E-state index contributed by atoms with van der Waals surface area (Å²) in [6.07, 6.45) is 1.05. The van der Waals surface area contributed by atoms with Crippen LogP contribution in [0.1, 0.15) is 5.69 Å². The number of phenols is 1. The van der Waals surface area contributed by atoms with Crippen LogP contribution in [0, 0.1) is 5.82 Å². The fraction of sp³-hybridized carbons (Fsp3) is 0.100. The number of halogens is 1. The molecule has 0 aliphatic carbocycles. The van der Waals surface area contributed by atoms with Crippen LogP contribution in [0.15, 0.2) is 48.7 Å². The predicted molar refractivity (Wildman–Crippen MR) is 108 cm³/mol. The van der Waals surface area contributed by atoms with Crippen molar-refractivity contribution >= 4 is 40.0 Å². The highest BCUT2D eigenvalue weighted by molar-refractivity contribution is 5.88. The van der Waals surface area contributed by atoms with Crippen molar-refractivity contribution in [2.24, 2.45) is 0 Å². The van der Waals surface area contributed by atoms with Gasteiger partial charge in [0.2, 0.25) is 5.95 Å². The number of nitrogens with one attached hydrogen (secondary N) is 3. The Kier molecular flexibility index (Phi) is 5.12. The predicted octanol–water partition coefficient (Wildman–Crippen LogP) is 3.40. The van der Waals surface area contributed by atoms with E-state index >= 15 is 0 Å². The maximum absolute atomic E-state index is 14.3. The van der Waals surface area contributed by atoms with Crippen LogP contribution in [0.5, 0.6) is 5.75 Å². The minimum absolute atomic E-state index is 0.0137. The molecule has 0 radical (unpaired) electrons. The van der Waals surface area contributed by atoms with Crippen LogP contribution in [0.25, 0.3) is 10.9 Å². The van der Waals surface area contributed by atoms with Crippen molar-refractivity contribution in [3.8, 4) is 5.75 Å². The maximum Gasteiger partial charge on any atom is 0.311 e. The Labute approximate surface area is 169 Å². The van der Waals surface area contributed by atoms with Gasteiger partial charge in [0.25, 0.3) is 0 Å². The number of aromatic nitrogens is 4. The summed E-state index contributed by atoms with van der Waals surface area (Å²) in [5.74, 6) is -0.855. The van der Waals surface area contributed by atoms with Gasteiger partial charge in [0.05, 0.1) is 30.9 Å². The monoisotopic (exact) mass is 408 g/mol. The number of H-pyrrole nitrogens is 1. The first-order valence-corrected chi connectivity index (χ1v) is 8.91. The van der Waals surface area contributed by atoms with E-state index in [9.17, 15) is 14.3 Å². The third-order valence-corrected chi connectivity index (χ3v) is 4.29. The van der Waals surface area contributed by atoms with Crippen molar-refractivity contribution < 1.29 is 19.0 Å². The van der Waals surface area contributed by atoms with Crippen molar-refractivity contribution in [3.05, 3.63) is 60.2 Å². The summed E-state index contributed by atoms with van der Waals surface area (Å²) < 4.78 is 19.0. The number of methoxy groups -OCH3 is 1.